The molecular formula is C86H95BCl4N16O12. The van der Waals surface area contributed by atoms with E-state index in [1.807, 2.05) is 72.1 Å². The molecule has 11 aromatic rings. The first kappa shape index (κ1) is 87.4. The molecule has 0 bridgehead atoms. The van der Waals surface area contributed by atoms with E-state index in [0.29, 0.717) is 99.4 Å². The van der Waals surface area contributed by atoms with Gasteiger partial charge < -0.3 is 45.1 Å². The normalized spacial score (nSPS) is 15.7. The van der Waals surface area contributed by atoms with Gasteiger partial charge >= 0.3 is 7.12 Å². The van der Waals surface area contributed by atoms with E-state index in [4.69, 9.17) is 55.7 Å². The van der Waals surface area contributed by atoms with Gasteiger partial charge in [0.1, 0.15) is 53.3 Å². The summed E-state index contributed by atoms with van der Waals surface area (Å²) in [7, 11) is 3.44. The molecule has 0 radical (unpaired) electrons. The lowest BCUT2D eigenvalue weighted by Crippen LogP contribution is -2.56. The average molecular weight is 1700 g/mol. The van der Waals surface area contributed by atoms with Crippen molar-refractivity contribution in [3.05, 3.63) is 254 Å². The van der Waals surface area contributed by atoms with Gasteiger partial charge in [0.2, 0.25) is 17.7 Å². The molecule has 6 amide bonds. The minimum Gasteiger partial charge on any atom is -0.398 e. The Labute approximate surface area is 707 Å². The van der Waals surface area contributed by atoms with Crippen molar-refractivity contribution in [1.82, 2.24) is 78.9 Å². The Morgan fingerprint density at radius 3 is 1.07 bits per heavy atom. The lowest BCUT2D eigenvalue weighted by molar-refractivity contribution is -0.142. The van der Waals surface area contributed by atoms with Crippen LogP contribution < -0.4 is 38.2 Å². The topological polar surface area (TPSA) is 327 Å². The third-order valence-electron chi connectivity index (χ3n) is 21.4. The highest BCUT2D eigenvalue weighted by Crippen LogP contribution is 2.37. The molecule has 0 saturated carbocycles. The van der Waals surface area contributed by atoms with Gasteiger partial charge in [0.05, 0.1) is 23.4 Å². The Balaban J connectivity index is 0.000000151. The molecule has 28 nitrogen and oxygen atoms in total. The standard InChI is InChI=1S/C28H29ClN6O3.C24H24Cl2N4O3.C24H25ClN4O4.C10H17BN2O2/c1-28(2)16-34(17-28)24(36)15-35-25-20(10-19(14-30-25)11-22-8-9-32-33(22)3)12-23(27(35)38)26(37)31-13-18-4-6-21(29)7-5-18;1-24(2)13-29(14-24)20(31)12-30-21-17(7-16(9-25)11-27-21)8-19(23(30)33)22(32)28-10-15-3-5-18(26)6-4-15;1-24(2)13-28(14-24)20(31)11-29-21-17(7-16(12-30)10-26-21)8-19(23(29)33)22(32)27-9-15-3-5-18(25)6-4-15;1-9(2)10(3,4)15-11(14-9)8-6-7-12-13(8)5/h4-10,12,14H,11,13,15-17H2,1-3H3,(H,31,37);3-8,11H,9-10,12-14H2,1-2H3,(H,28,32);3-8,10,30H,9,11-14H2,1-2H3,(H,27,32);6-7H,1-5H3. The SMILES string of the molecule is CC1(C)CN(C(=O)Cn2c(=O)c(C(=O)NCc3ccc(Cl)cc3)cc3cc(CCl)cnc32)C1.CC1(C)CN(C(=O)Cn2c(=O)c(C(=O)NCc3ccc(Cl)cc3)cc3cc(CO)cnc32)C1.Cn1nccc1B1OC(C)(C)C(C)(C)O1.Cn1nccc1Cc1cnc2c(c1)cc(C(=O)NCc1ccc(Cl)cc1)c(=O)n2CC(=O)N1CC(C)(C)C1. The average Bonchev–Trinajstić information content (AvgIpc) is 1.72. The van der Waals surface area contributed by atoms with Crippen LogP contribution in [0.2, 0.25) is 15.1 Å². The minimum atomic E-state index is -0.589. The van der Waals surface area contributed by atoms with Crippen LogP contribution in [0.1, 0.15) is 139 Å². The van der Waals surface area contributed by atoms with E-state index in [-0.39, 0.29) is 121 Å². The molecule has 4 aliphatic rings. The fourth-order valence-electron chi connectivity index (χ4n) is 14.3. The highest BCUT2D eigenvalue weighted by Gasteiger charge is 2.53. The van der Waals surface area contributed by atoms with E-state index in [1.165, 1.54) is 32.0 Å². The summed E-state index contributed by atoms with van der Waals surface area (Å²) in [6.07, 6.45) is 8.79. The summed E-state index contributed by atoms with van der Waals surface area (Å²) in [5.74, 6) is -1.93. The number of halogens is 4. The number of alkyl halides is 1. The summed E-state index contributed by atoms with van der Waals surface area (Å²) in [5.41, 5.74) is 5.37. The number of hydrogen-bond donors (Lipinski definition) is 4. The maximum atomic E-state index is 13.5. The van der Waals surface area contributed by atoms with Gasteiger partial charge in [0, 0.05) is 153 Å². The van der Waals surface area contributed by atoms with Gasteiger partial charge in [0.25, 0.3) is 34.4 Å². The number of nitrogens with one attached hydrogen (secondary N) is 3. The van der Waals surface area contributed by atoms with E-state index in [2.05, 4.69) is 82.6 Å². The molecule has 15 rings (SSSR count). The summed E-state index contributed by atoms with van der Waals surface area (Å²) in [4.78, 5) is 136. The molecule has 8 aromatic heterocycles. The highest BCUT2D eigenvalue weighted by atomic mass is 35.5. The van der Waals surface area contributed by atoms with Crippen molar-refractivity contribution in [2.24, 2.45) is 30.3 Å². The first-order valence-corrected chi connectivity index (χ1v) is 40.4. The Hall–Kier alpha value is -10.9. The lowest BCUT2D eigenvalue weighted by Gasteiger charge is -2.45. The van der Waals surface area contributed by atoms with Crippen LogP contribution in [0.4, 0.5) is 0 Å². The summed E-state index contributed by atoms with van der Waals surface area (Å²) in [5, 5.41) is 29.6. The number of amides is 6. The van der Waals surface area contributed by atoms with Crippen LogP contribution in [0.25, 0.3) is 33.1 Å². The third kappa shape index (κ3) is 20.9. The first-order chi connectivity index (χ1) is 56.3. The zero-order chi connectivity index (χ0) is 85.8. The van der Waals surface area contributed by atoms with Gasteiger partial charge in [0.15, 0.2) is 0 Å². The van der Waals surface area contributed by atoms with E-state index >= 15 is 0 Å². The number of pyridine rings is 6. The second kappa shape index (κ2) is 36.0. The first-order valence-electron chi connectivity index (χ1n) is 38.7. The molecule has 0 unspecified atom stereocenters. The van der Waals surface area contributed by atoms with Crippen LogP contribution >= 0.6 is 46.4 Å². The van der Waals surface area contributed by atoms with Crippen LogP contribution in [-0.2, 0) is 96.0 Å². The molecule has 0 spiro atoms. The van der Waals surface area contributed by atoms with Crippen molar-refractivity contribution in [2.75, 3.05) is 39.3 Å². The summed E-state index contributed by atoms with van der Waals surface area (Å²) in [6.45, 7) is 24.3. The maximum absolute atomic E-state index is 13.5. The van der Waals surface area contributed by atoms with Crippen molar-refractivity contribution in [2.45, 2.75) is 139 Å². The molecule has 622 valence electrons. The number of rotatable bonds is 20. The van der Waals surface area contributed by atoms with Gasteiger partial charge in [-0.3, -0.25) is 66.2 Å². The van der Waals surface area contributed by atoms with E-state index < -0.39 is 34.4 Å². The van der Waals surface area contributed by atoms with E-state index in [0.717, 1.165) is 39.1 Å². The van der Waals surface area contributed by atoms with Gasteiger partial charge in [-0.25, -0.2) is 15.0 Å². The molecular weight excluding hydrogens is 1600 g/mol. The lowest BCUT2D eigenvalue weighted by atomic mass is 9.84. The number of aliphatic hydroxyl groups is 1. The molecule has 33 heteroatoms. The smallest absolute Gasteiger partial charge is 0.398 e. The van der Waals surface area contributed by atoms with Crippen molar-refractivity contribution in [3.8, 4) is 0 Å². The van der Waals surface area contributed by atoms with Crippen molar-refractivity contribution < 1.29 is 43.2 Å². The monoisotopic (exact) mass is 1690 g/mol. The van der Waals surface area contributed by atoms with Crippen molar-refractivity contribution in [3.63, 3.8) is 0 Å². The Bertz CT molecular complexity index is 5640. The zero-order valence-corrected chi connectivity index (χ0v) is 71.4. The molecule has 4 N–H and O–H groups in total. The molecule has 0 atom stereocenters. The fourth-order valence-corrected chi connectivity index (χ4v) is 14.8. The number of carbonyl (C=O) groups excluding carboxylic acids is 6. The third-order valence-corrected chi connectivity index (χ3v) is 22.5. The van der Waals surface area contributed by atoms with Gasteiger partial charge in [-0.05, 0) is 162 Å². The molecule has 119 heavy (non-hydrogen) atoms. The summed E-state index contributed by atoms with van der Waals surface area (Å²) >= 11 is 23.7. The predicted molar refractivity (Wildman–Crippen MR) is 457 cm³/mol. The summed E-state index contributed by atoms with van der Waals surface area (Å²) in [6, 6.07) is 34.9. The number of carbonyl (C=O) groups is 6. The largest absolute Gasteiger partial charge is 0.514 e. The van der Waals surface area contributed by atoms with Crippen LogP contribution in [0.15, 0.2) is 167 Å². The number of benzene rings is 3. The number of hydrogen-bond acceptors (Lipinski definition) is 17. The van der Waals surface area contributed by atoms with E-state index in [9.17, 15) is 48.3 Å². The maximum Gasteiger partial charge on any atom is 0.514 e. The quantitative estimate of drug-likeness (QED) is 0.0407. The molecule has 4 fully saturated rings. The zero-order valence-electron chi connectivity index (χ0n) is 68.4. The number of likely N-dealkylation sites (tertiary alicyclic amines) is 3. The molecule has 0 aliphatic carbocycles. The number of aromatic nitrogens is 10. The van der Waals surface area contributed by atoms with Gasteiger partial charge in [-0.2, -0.15) is 10.2 Å². The van der Waals surface area contributed by atoms with Crippen molar-refractivity contribution >= 4 is 128 Å². The molecule has 4 aliphatic heterocycles. The second-order valence-electron chi connectivity index (χ2n) is 33.7. The Morgan fingerprint density at radius 1 is 0.437 bits per heavy atom. The number of aliphatic hydroxyl groups excluding tert-OH is 1. The Kier molecular flexibility index (Phi) is 26.4. The minimum absolute atomic E-state index is 0.0392. The van der Waals surface area contributed by atoms with Crippen LogP contribution in [0, 0.1) is 16.2 Å². The highest BCUT2D eigenvalue weighted by molar-refractivity contribution is 6.61. The van der Waals surface area contributed by atoms with E-state index in [1.54, 1.807) is 128 Å². The van der Waals surface area contributed by atoms with Crippen LogP contribution in [0.5, 0.6) is 0 Å². The number of aryl methyl sites for hydroxylation is 2. The number of fused-ring (bicyclic) bond motifs is 3. The second-order valence-corrected chi connectivity index (χ2v) is 35.2. The number of nitrogens with zero attached hydrogens (tertiary/aromatic N) is 13. The summed E-state index contributed by atoms with van der Waals surface area (Å²) < 4.78 is 19.2. The molecule has 3 aromatic carbocycles. The van der Waals surface area contributed by atoms with Crippen molar-refractivity contribution in [1.29, 1.82) is 0 Å². The Morgan fingerprint density at radius 2 is 0.756 bits per heavy atom. The van der Waals surface area contributed by atoms with Gasteiger partial charge in [-0.15, -0.1) is 11.6 Å². The molecule has 4 saturated heterocycles. The van der Waals surface area contributed by atoms with Crippen LogP contribution in [-0.4, -0.2) is 161 Å². The molecule has 12 heterocycles. The predicted octanol–water partition coefficient (Wildman–Crippen LogP) is 9.82. The van der Waals surface area contributed by atoms with Crippen LogP contribution in [0.3, 0.4) is 0 Å². The van der Waals surface area contributed by atoms with Gasteiger partial charge in [-0.1, -0.05) is 113 Å². The fraction of sp³-hybridized carbons (Fsp3) is 0.372.